The van der Waals surface area contributed by atoms with Crippen molar-refractivity contribution < 1.29 is 4.74 Å². The molecule has 1 aliphatic rings. The summed E-state index contributed by atoms with van der Waals surface area (Å²) < 4.78 is 6.22. The van der Waals surface area contributed by atoms with Gasteiger partial charge in [-0.15, -0.1) is 0 Å². The van der Waals surface area contributed by atoms with E-state index in [0.29, 0.717) is 6.61 Å². The number of pyridine rings is 1. The average molecular weight is 371 g/mol. The van der Waals surface area contributed by atoms with E-state index in [0.717, 1.165) is 40.7 Å². The van der Waals surface area contributed by atoms with E-state index < -0.39 is 0 Å². The van der Waals surface area contributed by atoms with Crippen LogP contribution in [0.5, 0.6) is 5.75 Å². The molecule has 6 heteroatoms. The summed E-state index contributed by atoms with van der Waals surface area (Å²) in [5.74, 6) is 2.72. The molecule has 0 saturated heterocycles. The molecule has 2 atom stereocenters. The Hall–Kier alpha value is -3.28. The van der Waals surface area contributed by atoms with Gasteiger partial charge >= 0.3 is 0 Å². The lowest BCUT2D eigenvalue weighted by atomic mass is 9.94. The number of H-pyrrole nitrogens is 1. The normalized spacial score (nSPS) is 21.0. The van der Waals surface area contributed by atoms with Crippen molar-refractivity contribution in [1.82, 2.24) is 24.9 Å². The van der Waals surface area contributed by atoms with E-state index in [4.69, 9.17) is 9.72 Å². The summed E-state index contributed by atoms with van der Waals surface area (Å²) in [6.45, 7) is 4.39. The fourth-order valence-electron chi connectivity index (χ4n) is 3.94. The van der Waals surface area contributed by atoms with E-state index in [2.05, 4.69) is 44.2 Å². The number of aromatic amines is 1. The Morgan fingerprint density at radius 2 is 1.93 bits per heavy atom. The Morgan fingerprint density at radius 3 is 2.71 bits per heavy atom. The van der Waals surface area contributed by atoms with Crippen LogP contribution in [-0.4, -0.2) is 31.5 Å². The number of aromatic nitrogens is 5. The molecule has 0 radical (unpaired) electrons. The standard InChI is InChI=1S/C22H21N5O/c1-14-19(12-24-15(2)25-14)28-13-22(16-7-4-3-5-8-16)11-17(22)20-26-18-9-6-10-23-21(18)27-20/h3-10,12,17H,11,13H2,1-2H3,(H,23,26,27)/t17-,22+/m0/s1. The first kappa shape index (κ1) is 16.9. The Labute approximate surface area is 163 Å². The first-order valence-electron chi connectivity index (χ1n) is 9.45. The van der Waals surface area contributed by atoms with E-state index in [-0.39, 0.29) is 11.3 Å². The maximum absolute atomic E-state index is 6.22. The van der Waals surface area contributed by atoms with Gasteiger partial charge in [0, 0.05) is 17.5 Å². The van der Waals surface area contributed by atoms with Gasteiger partial charge in [0.15, 0.2) is 11.4 Å². The van der Waals surface area contributed by atoms with Gasteiger partial charge in [0.2, 0.25) is 0 Å². The van der Waals surface area contributed by atoms with Gasteiger partial charge in [-0.05, 0) is 38.0 Å². The van der Waals surface area contributed by atoms with Crippen LogP contribution in [0, 0.1) is 13.8 Å². The van der Waals surface area contributed by atoms with Gasteiger partial charge in [0.05, 0.1) is 24.0 Å². The second-order valence-electron chi connectivity index (χ2n) is 7.43. The molecule has 1 aromatic carbocycles. The largest absolute Gasteiger partial charge is 0.489 e. The lowest BCUT2D eigenvalue weighted by molar-refractivity contribution is 0.269. The molecule has 0 unspecified atom stereocenters. The van der Waals surface area contributed by atoms with Crippen LogP contribution in [0.15, 0.2) is 54.9 Å². The van der Waals surface area contributed by atoms with E-state index in [1.54, 1.807) is 12.4 Å². The zero-order valence-corrected chi connectivity index (χ0v) is 15.9. The monoisotopic (exact) mass is 371 g/mol. The minimum absolute atomic E-state index is 0.119. The van der Waals surface area contributed by atoms with E-state index in [1.807, 2.05) is 32.0 Å². The highest BCUT2D eigenvalue weighted by molar-refractivity contribution is 5.70. The third-order valence-corrected chi connectivity index (χ3v) is 5.57. The molecule has 1 aliphatic carbocycles. The maximum atomic E-state index is 6.22. The molecule has 1 saturated carbocycles. The smallest absolute Gasteiger partial charge is 0.177 e. The number of ether oxygens (including phenoxy) is 1. The number of nitrogens with zero attached hydrogens (tertiary/aromatic N) is 4. The van der Waals surface area contributed by atoms with Gasteiger partial charge in [-0.2, -0.15) is 0 Å². The third kappa shape index (κ3) is 2.81. The van der Waals surface area contributed by atoms with Crippen molar-refractivity contribution >= 4 is 11.2 Å². The number of hydrogen-bond donors (Lipinski definition) is 1. The van der Waals surface area contributed by atoms with Gasteiger partial charge in [-0.1, -0.05) is 30.3 Å². The van der Waals surface area contributed by atoms with Crippen molar-refractivity contribution in [1.29, 1.82) is 0 Å². The van der Waals surface area contributed by atoms with Crippen molar-refractivity contribution in [2.24, 2.45) is 0 Å². The Bertz CT molecular complexity index is 1110. The van der Waals surface area contributed by atoms with E-state index in [1.165, 1.54) is 5.56 Å². The van der Waals surface area contributed by atoms with Crippen LogP contribution >= 0.6 is 0 Å². The lowest BCUT2D eigenvalue weighted by Crippen LogP contribution is -2.21. The summed E-state index contributed by atoms with van der Waals surface area (Å²) in [5.41, 5.74) is 3.73. The van der Waals surface area contributed by atoms with Crippen LogP contribution in [0.4, 0.5) is 0 Å². The van der Waals surface area contributed by atoms with Crippen LogP contribution in [0.1, 0.15) is 35.2 Å². The topological polar surface area (TPSA) is 76.6 Å². The third-order valence-electron chi connectivity index (χ3n) is 5.57. The average Bonchev–Trinajstić information content (AvgIpc) is 3.29. The Balaban J connectivity index is 1.47. The number of aryl methyl sites for hydroxylation is 2. The Kier molecular flexibility index (Phi) is 3.86. The molecule has 0 spiro atoms. The molecule has 0 bridgehead atoms. The van der Waals surface area contributed by atoms with Gasteiger partial charge in [-0.3, -0.25) is 0 Å². The molecule has 4 aromatic rings. The number of fused-ring (bicyclic) bond motifs is 1. The summed E-state index contributed by atoms with van der Waals surface area (Å²) >= 11 is 0. The maximum Gasteiger partial charge on any atom is 0.177 e. The van der Waals surface area contributed by atoms with Crippen molar-refractivity contribution in [3.63, 3.8) is 0 Å². The van der Waals surface area contributed by atoms with Crippen LogP contribution in [-0.2, 0) is 5.41 Å². The second kappa shape index (κ2) is 6.41. The van der Waals surface area contributed by atoms with Gasteiger partial charge < -0.3 is 9.72 Å². The summed E-state index contributed by atoms with van der Waals surface area (Å²) in [4.78, 5) is 21.2. The summed E-state index contributed by atoms with van der Waals surface area (Å²) in [5, 5.41) is 0. The molecule has 28 heavy (non-hydrogen) atoms. The predicted octanol–water partition coefficient (Wildman–Crippen LogP) is 3.87. The molecule has 0 amide bonds. The van der Waals surface area contributed by atoms with E-state index >= 15 is 0 Å². The molecule has 5 rings (SSSR count). The molecule has 6 nitrogen and oxygen atoms in total. The fraction of sp³-hybridized carbons (Fsp3) is 0.273. The van der Waals surface area contributed by atoms with Crippen molar-refractivity contribution in [3.8, 4) is 5.75 Å². The van der Waals surface area contributed by atoms with Crippen LogP contribution in [0.2, 0.25) is 0 Å². The molecule has 0 aliphatic heterocycles. The number of hydrogen-bond acceptors (Lipinski definition) is 5. The fourth-order valence-corrected chi connectivity index (χ4v) is 3.94. The van der Waals surface area contributed by atoms with Gasteiger partial charge in [-0.25, -0.2) is 19.9 Å². The first-order valence-corrected chi connectivity index (χ1v) is 9.45. The number of nitrogens with one attached hydrogen (secondary N) is 1. The minimum atomic E-state index is -0.119. The quantitative estimate of drug-likeness (QED) is 0.576. The van der Waals surface area contributed by atoms with Gasteiger partial charge in [0.1, 0.15) is 11.6 Å². The number of benzene rings is 1. The predicted molar refractivity (Wildman–Crippen MR) is 106 cm³/mol. The van der Waals surface area contributed by atoms with Crippen LogP contribution in [0.3, 0.4) is 0 Å². The molecule has 3 heterocycles. The van der Waals surface area contributed by atoms with Crippen molar-refractivity contribution in [2.45, 2.75) is 31.6 Å². The second-order valence-corrected chi connectivity index (χ2v) is 7.43. The number of imidazole rings is 1. The first-order chi connectivity index (χ1) is 13.7. The Morgan fingerprint density at radius 1 is 1.07 bits per heavy atom. The number of rotatable bonds is 5. The lowest BCUT2D eigenvalue weighted by Gasteiger charge is -2.19. The van der Waals surface area contributed by atoms with E-state index in [9.17, 15) is 0 Å². The highest BCUT2D eigenvalue weighted by atomic mass is 16.5. The van der Waals surface area contributed by atoms with Crippen LogP contribution in [0.25, 0.3) is 11.2 Å². The molecule has 140 valence electrons. The molecule has 1 fully saturated rings. The van der Waals surface area contributed by atoms with Crippen molar-refractivity contribution in [3.05, 3.63) is 77.8 Å². The summed E-state index contributed by atoms with van der Waals surface area (Å²) in [7, 11) is 0. The molecular weight excluding hydrogens is 350 g/mol. The highest BCUT2D eigenvalue weighted by Gasteiger charge is 2.58. The van der Waals surface area contributed by atoms with Crippen LogP contribution < -0.4 is 4.74 Å². The summed E-state index contributed by atoms with van der Waals surface area (Å²) in [6, 6.07) is 14.5. The van der Waals surface area contributed by atoms with Crippen molar-refractivity contribution in [2.75, 3.05) is 6.61 Å². The zero-order chi connectivity index (χ0) is 19.1. The summed E-state index contributed by atoms with van der Waals surface area (Å²) in [6.07, 6.45) is 4.51. The zero-order valence-electron chi connectivity index (χ0n) is 15.9. The molecular formula is C22H21N5O. The van der Waals surface area contributed by atoms with Gasteiger partial charge in [0.25, 0.3) is 0 Å². The highest BCUT2D eigenvalue weighted by Crippen LogP contribution is 2.60. The SMILES string of the molecule is Cc1ncc(OC[C@@]2(c3ccccc3)C[C@H]2c2nc3ncccc3[nH]2)c(C)n1. The molecule has 3 aromatic heterocycles. The molecule has 1 N–H and O–H groups in total. The minimum Gasteiger partial charge on any atom is -0.489 e.